The lowest BCUT2D eigenvalue weighted by Crippen LogP contribution is -2.48. The van der Waals surface area contributed by atoms with Gasteiger partial charge in [0.2, 0.25) is 6.79 Å². The topological polar surface area (TPSA) is 83.8 Å². The second kappa shape index (κ2) is 7.45. The van der Waals surface area contributed by atoms with E-state index in [1.807, 2.05) is 38.1 Å². The largest absolute Gasteiger partial charge is 0.454 e. The van der Waals surface area contributed by atoms with E-state index in [2.05, 4.69) is 5.32 Å². The zero-order chi connectivity index (χ0) is 17.8. The third kappa shape index (κ3) is 4.03. The first-order valence-corrected chi connectivity index (χ1v) is 8.23. The Morgan fingerprint density at radius 1 is 1.32 bits per heavy atom. The summed E-state index contributed by atoms with van der Waals surface area (Å²) in [7, 11) is 0. The van der Waals surface area contributed by atoms with Gasteiger partial charge in [0.15, 0.2) is 11.5 Å². The van der Waals surface area contributed by atoms with E-state index in [-0.39, 0.29) is 30.5 Å². The first kappa shape index (κ1) is 17.1. The van der Waals surface area contributed by atoms with E-state index in [9.17, 15) is 10.1 Å². The molecule has 25 heavy (non-hydrogen) atoms. The minimum Gasteiger partial charge on any atom is -0.454 e. The van der Waals surface area contributed by atoms with Crippen LogP contribution >= 0.6 is 0 Å². The lowest BCUT2D eigenvalue weighted by Gasteiger charge is -2.35. The van der Waals surface area contributed by atoms with Gasteiger partial charge in [-0.15, -0.1) is 0 Å². The van der Waals surface area contributed by atoms with Crippen molar-refractivity contribution in [3.63, 3.8) is 0 Å². The lowest BCUT2D eigenvalue weighted by molar-refractivity contribution is -0.138. The molecule has 1 fully saturated rings. The van der Waals surface area contributed by atoms with E-state index in [0.717, 1.165) is 11.3 Å². The number of nitriles is 1. The molecule has 1 saturated heterocycles. The van der Waals surface area contributed by atoms with E-state index in [1.54, 1.807) is 4.90 Å². The molecule has 132 valence electrons. The number of hydrogen-bond donors (Lipinski definition) is 1. The van der Waals surface area contributed by atoms with Gasteiger partial charge < -0.3 is 24.4 Å². The first-order chi connectivity index (χ1) is 12.1. The van der Waals surface area contributed by atoms with Crippen molar-refractivity contribution in [3.8, 4) is 17.6 Å². The smallest absolute Gasteiger partial charge is 0.266 e. The molecule has 0 bridgehead atoms. The fourth-order valence-corrected chi connectivity index (χ4v) is 2.98. The predicted molar refractivity (Wildman–Crippen MR) is 89.7 cm³/mol. The Bertz CT molecular complexity index is 716. The summed E-state index contributed by atoms with van der Waals surface area (Å²) in [5, 5.41) is 12.3. The number of nitrogens with zero attached hydrogens (tertiary/aromatic N) is 2. The minimum atomic E-state index is -0.275. The highest BCUT2D eigenvalue weighted by molar-refractivity contribution is 5.97. The van der Waals surface area contributed by atoms with Crippen molar-refractivity contribution < 1.29 is 19.0 Å². The fraction of sp³-hybridized carbons (Fsp3) is 0.444. The zero-order valence-corrected chi connectivity index (χ0v) is 14.3. The van der Waals surface area contributed by atoms with Crippen LogP contribution in [0.25, 0.3) is 0 Å². The number of morpholine rings is 1. The summed E-state index contributed by atoms with van der Waals surface area (Å²) < 4.78 is 16.2. The lowest BCUT2D eigenvalue weighted by atomic mass is 10.2. The Hall–Kier alpha value is -2.72. The Labute approximate surface area is 146 Å². The summed E-state index contributed by atoms with van der Waals surface area (Å²) in [6.45, 7) is 5.53. The molecule has 0 spiro atoms. The molecule has 0 aromatic heterocycles. The van der Waals surface area contributed by atoms with Crippen molar-refractivity contribution in [2.24, 2.45) is 0 Å². The van der Waals surface area contributed by atoms with Crippen LogP contribution in [-0.2, 0) is 16.1 Å². The molecule has 1 amide bonds. The molecule has 0 saturated carbocycles. The van der Waals surface area contributed by atoms with Crippen LogP contribution < -0.4 is 14.8 Å². The minimum absolute atomic E-state index is 0.0331. The van der Waals surface area contributed by atoms with Crippen molar-refractivity contribution in [1.82, 2.24) is 10.2 Å². The van der Waals surface area contributed by atoms with E-state index in [0.29, 0.717) is 25.4 Å². The molecule has 1 N–H and O–H groups in total. The normalized spacial score (nSPS) is 22.4. The molecule has 1 aromatic rings. The van der Waals surface area contributed by atoms with Gasteiger partial charge in [-0.05, 0) is 31.5 Å². The number of nitrogens with one attached hydrogen (secondary N) is 1. The van der Waals surface area contributed by atoms with Crippen molar-refractivity contribution in [2.45, 2.75) is 32.6 Å². The molecule has 0 aliphatic carbocycles. The monoisotopic (exact) mass is 343 g/mol. The second-order valence-corrected chi connectivity index (χ2v) is 6.21. The summed E-state index contributed by atoms with van der Waals surface area (Å²) in [6.07, 6.45) is 1.40. The van der Waals surface area contributed by atoms with Crippen LogP contribution in [-0.4, -0.2) is 42.9 Å². The number of hydrogen-bond acceptors (Lipinski definition) is 6. The quantitative estimate of drug-likeness (QED) is 0.660. The standard InChI is InChI=1S/C18H21N3O4/c1-12-9-21(10-13(2)25-12)18(22)15(6-19)8-20-7-14-3-4-16-17(5-14)24-11-23-16/h3-5,8,12-13,20H,7,9-11H2,1-2H3/b15-8-. The highest BCUT2D eigenvalue weighted by Gasteiger charge is 2.27. The summed E-state index contributed by atoms with van der Waals surface area (Å²) in [5.41, 5.74) is 1.06. The van der Waals surface area contributed by atoms with E-state index >= 15 is 0 Å². The van der Waals surface area contributed by atoms with Crippen LogP contribution in [0.4, 0.5) is 0 Å². The van der Waals surface area contributed by atoms with Crippen LogP contribution in [0.1, 0.15) is 19.4 Å². The van der Waals surface area contributed by atoms with Gasteiger partial charge in [-0.2, -0.15) is 5.26 Å². The Morgan fingerprint density at radius 2 is 2.04 bits per heavy atom. The maximum absolute atomic E-state index is 12.5. The molecule has 2 atom stereocenters. The van der Waals surface area contributed by atoms with Gasteiger partial charge in [0.1, 0.15) is 11.6 Å². The second-order valence-electron chi connectivity index (χ2n) is 6.21. The van der Waals surface area contributed by atoms with Crippen molar-refractivity contribution in [3.05, 3.63) is 35.5 Å². The summed E-state index contributed by atoms with van der Waals surface area (Å²) in [6, 6.07) is 7.61. The van der Waals surface area contributed by atoms with Gasteiger partial charge in [0.05, 0.1) is 12.2 Å². The Balaban J connectivity index is 1.61. The molecule has 7 nitrogen and oxygen atoms in total. The van der Waals surface area contributed by atoms with Crippen molar-refractivity contribution in [2.75, 3.05) is 19.9 Å². The molecule has 2 unspecified atom stereocenters. The number of carbonyl (C=O) groups excluding carboxylic acids is 1. The zero-order valence-electron chi connectivity index (χ0n) is 14.3. The van der Waals surface area contributed by atoms with Crippen LogP contribution in [0.5, 0.6) is 11.5 Å². The van der Waals surface area contributed by atoms with Gasteiger partial charge in [-0.3, -0.25) is 4.79 Å². The summed E-state index contributed by atoms with van der Waals surface area (Å²) in [5.74, 6) is 1.15. The fourth-order valence-electron chi connectivity index (χ4n) is 2.98. The van der Waals surface area contributed by atoms with Gasteiger partial charge in [0.25, 0.3) is 5.91 Å². The van der Waals surface area contributed by atoms with Crippen molar-refractivity contribution in [1.29, 1.82) is 5.26 Å². The van der Waals surface area contributed by atoms with Crippen LogP contribution in [0, 0.1) is 11.3 Å². The average Bonchev–Trinajstić information content (AvgIpc) is 3.05. The van der Waals surface area contributed by atoms with Gasteiger partial charge >= 0.3 is 0 Å². The average molecular weight is 343 g/mol. The number of ether oxygens (including phenoxy) is 3. The third-order valence-electron chi connectivity index (χ3n) is 4.05. The summed E-state index contributed by atoms with van der Waals surface area (Å²) >= 11 is 0. The first-order valence-electron chi connectivity index (χ1n) is 8.23. The molecule has 7 heteroatoms. The molecule has 2 aliphatic rings. The molecule has 1 aromatic carbocycles. The Morgan fingerprint density at radius 3 is 2.76 bits per heavy atom. The highest BCUT2D eigenvalue weighted by atomic mass is 16.7. The summed E-state index contributed by atoms with van der Waals surface area (Å²) in [4.78, 5) is 14.2. The number of benzene rings is 1. The predicted octanol–water partition coefficient (Wildman–Crippen LogP) is 1.55. The number of amides is 1. The van der Waals surface area contributed by atoms with Crippen LogP contribution in [0.3, 0.4) is 0 Å². The third-order valence-corrected chi connectivity index (χ3v) is 4.05. The van der Waals surface area contributed by atoms with Crippen LogP contribution in [0.2, 0.25) is 0 Å². The highest BCUT2D eigenvalue weighted by Crippen LogP contribution is 2.32. The number of fused-ring (bicyclic) bond motifs is 1. The number of rotatable bonds is 4. The SMILES string of the molecule is CC1CN(C(=O)/C(C#N)=C\NCc2ccc3c(c2)OCO3)CC(C)O1. The maximum Gasteiger partial charge on any atom is 0.266 e. The molecular weight excluding hydrogens is 322 g/mol. The molecule has 2 aliphatic heterocycles. The van der Waals surface area contributed by atoms with Gasteiger partial charge in [0, 0.05) is 25.8 Å². The molecule has 2 heterocycles. The molecular formula is C18H21N3O4. The molecule has 3 rings (SSSR count). The van der Waals surface area contributed by atoms with E-state index < -0.39 is 0 Å². The van der Waals surface area contributed by atoms with Crippen molar-refractivity contribution >= 4 is 5.91 Å². The molecule has 0 radical (unpaired) electrons. The number of carbonyl (C=O) groups is 1. The van der Waals surface area contributed by atoms with E-state index in [4.69, 9.17) is 14.2 Å². The Kier molecular flexibility index (Phi) is 5.10. The van der Waals surface area contributed by atoms with Crippen LogP contribution in [0.15, 0.2) is 30.0 Å². The van der Waals surface area contributed by atoms with Gasteiger partial charge in [-0.25, -0.2) is 0 Å². The van der Waals surface area contributed by atoms with Gasteiger partial charge in [-0.1, -0.05) is 6.07 Å². The van der Waals surface area contributed by atoms with E-state index in [1.165, 1.54) is 6.20 Å². The maximum atomic E-state index is 12.5.